The summed E-state index contributed by atoms with van der Waals surface area (Å²) >= 11 is 0. The molecule has 0 aromatic rings. The molecule has 1 rings (SSSR count). The van der Waals surface area contributed by atoms with Crippen LogP contribution in [0, 0.1) is 5.92 Å². The van der Waals surface area contributed by atoms with Crippen LogP contribution in [-0.4, -0.2) is 5.78 Å². The molecular formula is C12H20O. The molecule has 1 heteroatoms. The van der Waals surface area contributed by atoms with E-state index < -0.39 is 0 Å². The average Bonchev–Trinajstić information content (AvgIpc) is 2.15. The van der Waals surface area contributed by atoms with Gasteiger partial charge in [-0.15, -0.1) is 0 Å². The van der Waals surface area contributed by atoms with Gasteiger partial charge >= 0.3 is 0 Å². The Morgan fingerprint density at radius 1 is 1.62 bits per heavy atom. The van der Waals surface area contributed by atoms with E-state index in [2.05, 4.69) is 13.0 Å². The minimum Gasteiger partial charge on any atom is -0.295 e. The molecular weight excluding hydrogens is 160 g/mol. The molecule has 0 aromatic carbocycles. The van der Waals surface area contributed by atoms with Crippen LogP contribution in [0.3, 0.4) is 0 Å². The zero-order chi connectivity index (χ0) is 9.68. The summed E-state index contributed by atoms with van der Waals surface area (Å²) in [5.74, 6) is 1.12. The number of allylic oxidation sites excluding steroid dienone is 2. The molecule has 74 valence electrons. The van der Waals surface area contributed by atoms with Crippen LogP contribution < -0.4 is 0 Å². The highest BCUT2D eigenvalue weighted by molar-refractivity contribution is 5.93. The number of unbranched alkanes of at least 4 members (excludes halogenated alkanes) is 1. The molecule has 1 unspecified atom stereocenters. The lowest BCUT2D eigenvalue weighted by Gasteiger charge is -2.20. The van der Waals surface area contributed by atoms with Crippen LogP contribution in [0.5, 0.6) is 0 Å². The molecule has 1 nitrogen and oxygen atoms in total. The molecule has 0 saturated carbocycles. The standard InChI is InChI=1S/C12H20O/c1-3-4-5-11-6-8-12(9-7-11)10(2)13/h8,11H,3-7,9H2,1-2H3. The van der Waals surface area contributed by atoms with Crippen molar-refractivity contribution in [3.8, 4) is 0 Å². The third-order valence-corrected chi connectivity index (χ3v) is 2.94. The maximum Gasteiger partial charge on any atom is 0.155 e. The highest BCUT2D eigenvalue weighted by atomic mass is 16.1. The van der Waals surface area contributed by atoms with Gasteiger partial charge in [-0.3, -0.25) is 4.79 Å². The van der Waals surface area contributed by atoms with Gasteiger partial charge in [0.25, 0.3) is 0 Å². The zero-order valence-corrected chi connectivity index (χ0v) is 8.81. The smallest absolute Gasteiger partial charge is 0.155 e. The first-order chi connectivity index (χ1) is 6.24. The summed E-state index contributed by atoms with van der Waals surface area (Å²) in [5, 5.41) is 0. The van der Waals surface area contributed by atoms with Crippen molar-refractivity contribution < 1.29 is 4.79 Å². The maximum absolute atomic E-state index is 11.1. The second-order valence-electron chi connectivity index (χ2n) is 4.07. The van der Waals surface area contributed by atoms with Crippen LogP contribution in [0.1, 0.15) is 52.4 Å². The molecule has 0 N–H and O–H groups in total. The molecule has 0 aromatic heterocycles. The second-order valence-corrected chi connectivity index (χ2v) is 4.07. The van der Waals surface area contributed by atoms with Crippen molar-refractivity contribution in [3.05, 3.63) is 11.6 Å². The average molecular weight is 180 g/mol. The van der Waals surface area contributed by atoms with Gasteiger partial charge in [-0.2, -0.15) is 0 Å². The van der Waals surface area contributed by atoms with E-state index in [9.17, 15) is 4.79 Å². The Morgan fingerprint density at radius 2 is 2.38 bits per heavy atom. The molecule has 0 radical (unpaired) electrons. The number of hydrogen-bond acceptors (Lipinski definition) is 1. The van der Waals surface area contributed by atoms with E-state index in [1.165, 1.54) is 25.7 Å². The fourth-order valence-corrected chi connectivity index (χ4v) is 1.96. The van der Waals surface area contributed by atoms with Crippen LogP contribution >= 0.6 is 0 Å². The lowest BCUT2D eigenvalue weighted by atomic mass is 9.85. The number of Topliss-reactive ketones (excluding diaryl/α,β-unsaturated/α-hetero) is 1. The lowest BCUT2D eigenvalue weighted by molar-refractivity contribution is -0.113. The Hall–Kier alpha value is -0.590. The van der Waals surface area contributed by atoms with Gasteiger partial charge in [-0.25, -0.2) is 0 Å². The zero-order valence-electron chi connectivity index (χ0n) is 8.81. The number of hydrogen-bond donors (Lipinski definition) is 0. The first-order valence-electron chi connectivity index (χ1n) is 5.44. The summed E-state index contributed by atoms with van der Waals surface area (Å²) < 4.78 is 0. The molecule has 13 heavy (non-hydrogen) atoms. The highest BCUT2D eigenvalue weighted by Gasteiger charge is 2.15. The lowest BCUT2D eigenvalue weighted by Crippen LogP contribution is -2.09. The van der Waals surface area contributed by atoms with E-state index in [1.807, 2.05) is 0 Å². The third-order valence-electron chi connectivity index (χ3n) is 2.94. The van der Waals surface area contributed by atoms with E-state index in [4.69, 9.17) is 0 Å². The van der Waals surface area contributed by atoms with Crippen LogP contribution in [-0.2, 0) is 4.79 Å². The molecule has 0 fully saturated rings. The van der Waals surface area contributed by atoms with Crippen molar-refractivity contribution in [2.45, 2.75) is 52.4 Å². The van der Waals surface area contributed by atoms with Crippen molar-refractivity contribution in [2.24, 2.45) is 5.92 Å². The molecule has 1 aliphatic carbocycles. The molecule has 0 spiro atoms. The van der Waals surface area contributed by atoms with Gasteiger partial charge in [0.1, 0.15) is 0 Å². The SMILES string of the molecule is CCCCC1CC=C(C(C)=O)CC1. The molecule has 1 atom stereocenters. The van der Waals surface area contributed by atoms with Crippen LogP contribution in [0.2, 0.25) is 0 Å². The van der Waals surface area contributed by atoms with Crippen LogP contribution in [0.4, 0.5) is 0 Å². The van der Waals surface area contributed by atoms with Gasteiger partial charge in [0, 0.05) is 0 Å². The topological polar surface area (TPSA) is 17.1 Å². The van der Waals surface area contributed by atoms with Gasteiger partial charge in [0.05, 0.1) is 0 Å². The van der Waals surface area contributed by atoms with Gasteiger partial charge in [0.15, 0.2) is 5.78 Å². The molecule has 0 aliphatic heterocycles. The summed E-state index contributed by atoms with van der Waals surface area (Å²) in [5.41, 5.74) is 1.06. The summed E-state index contributed by atoms with van der Waals surface area (Å²) in [6, 6.07) is 0. The predicted octanol–water partition coefficient (Wildman–Crippen LogP) is 3.49. The van der Waals surface area contributed by atoms with Gasteiger partial charge in [-0.05, 0) is 37.7 Å². The Kier molecular flexibility index (Phi) is 4.20. The first-order valence-corrected chi connectivity index (χ1v) is 5.44. The van der Waals surface area contributed by atoms with E-state index in [0.717, 1.165) is 24.3 Å². The van der Waals surface area contributed by atoms with Crippen LogP contribution in [0.15, 0.2) is 11.6 Å². The molecule has 1 aliphatic rings. The summed E-state index contributed by atoms with van der Waals surface area (Å²) in [6.45, 7) is 3.91. The fourth-order valence-electron chi connectivity index (χ4n) is 1.96. The van der Waals surface area contributed by atoms with E-state index in [0.29, 0.717) is 0 Å². The minimum atomic E-state index is 0.272. The van der Waals surface area contributed by atoms with Gasteiger partial charge in [0.2, 0.25) is 0 Å². The molecule has 0 heterocycles. The van der Waals surface area contributed by atoms with Crippen molar-refractivity contribution in [3.63, 3.8) is 0 Å². The summed E-state index contributed by atoms with van der Waals surface area (Å²) in [6.07, 6.45) is 9.52. The Morgan fingerprint density at radius 3 is 2.85 bits per heavy atom. The molecule has 0 bridgehead atoms. The molecule has 0 saturated heterocycles. The Labute approximate surface area is 81.2 Å². The van der Waals surface area contributed by atoms with Gasteiger partial charge < -0.3 is 0 Å². The molecule has 0 amide bonds. The minimum absolute atomic E-state index is 0.272. The number of carbonyl (C=O) groups is 1. The number of ketones is 1. The van der Waals surface area contributed by atoms with E-state index in [-0.39, 0.29) is 5.78 Å². The fraction of sp³-hybridized carbons (Fsp3) is 0.750. The van der Waals surface area contributed by atoms with Crippen molar-refractivity contribution in [1.82, 2.24) is 0 Å². The van der Waals surface area contributed by atoms with E-state index in [1.54, 1.807) is 6.92 Å². The number of rotatable bonds is 4. The predicted molar refractivity (Wildman–Crippen MR) is 55.6 cm³/mol. The van der Waals surface area contributed by atoms with E-state index >= 15 is 0 Å². The second kappa shape index (κ2) is 5.21. The van der Waals surface area contributed by atoms with Crippen molar-refractivity contribution in [2.75, 3.05) is 0 Å². The third kappa shape index (κ3) is 3.33. The Bertz CT molecular complexity index is 203. The number of carbonyl (C=O) groups excluding carboxylic acids is 1. The summed E-state index contributed by atoms with van der Waals surface area (Å²) in [7, 11) is 0. The van der Waals surface area contributed by atoms with Crippen molar-refractivity contribution in [1.29, 1.82) is 0 Å². The highest BCUT2D eigenvalue weighted by Crippen LogP contribution is 2.27. The normalized spacial score (nSPS) is 22.6. The van der Waals surface area contributed by atoms with Crippen molar-refractivity contribution >= 4 is 5.78 Å². The largest absolute Gasteiger partial charge is 0.295 e. The van der Waals surface area contributed by atoms with Crippen LogP contribution in [0.25, 0.3) is 0 Å². The quantitative estimate of drug-likeness (QED) is 0.647. The maximum atomic E-state index is 11.1. The Balaban J connectivity index is 2.33. The van der Waals surface area contributed by atoms with Gasteiger partial charge in [-0.1, -0.05) is 32.3 Å². The first kappa shape index (κ1) is 10.5. The summed E-state index contributed by atoms with van der Waals surface area (Å²) in [4.78, 5) is 11.1. The monoisotopic (exact) mass is 180 g/mol.